The molecule has 0 spiro atoms. The van der Waals surface area contributed by atoms with Gasteiger partial charge in [0.2, 0.25) is 15.8 Å². The van der Waals surface area contributed by atoms with E-state index in [1.54, 1.807) is 36.4 Å². The molecule has 0 radical (unpaired) electrons. The number of sulfonamides is 1. The van der Waals surface area contributed by atoms with Gasteiger partial charge in [-0.1, -0.05) is 24.3 Å². The number of hydrogen-bond acceptors (Lipinski definition) is 6. The van der Waals surface area contributed by atoms with E-state index in [0.717, 1.165) is 5.56 Å². The molecule has 0 fully saturated rings. The van der Waals surface area contributed by atoms with Crippen molar-refractivity contribution in [3.63, 3.8) is 0 Å². The molecule has 0 aliphatic heterocycles. The summed E-state index contributed by atoms with van der Waals surface area (Å²) in [4.78, 5) is 12.2. The van der Waals surface area contributed by atoms with E-state index in [0.29, 0.717) is 28.5 Å². The van der Waals surface area contributed by atoms with Crippen LogP contribution in [0.2, 0.25) is 0 Å². The highest BCUT2D eigenvalue weighted by molar-refractivity contribution is 7.88. The van der Waals surface area contributed by atoms with Crippen molar-refractivity contribution < 1.29 is 27.4 Å². The van der Waals surface area contributed by atoms with Crippen molar-refractivity contribution in [1.82, 2.24) is 10.0 Å². The number of urea groups is 1. The molecule has 0 aliphatic rings. The molecule has 158 valence electrons. The fourth-order valence-electron chi connectivity index (χ4n) is 2.56. The molecule has 0 bridgehead atoms. The molecule has 0 aromatic heterocycles. The van der Waals surface area contributed by atoms with E-state index in [1.807, 2.05) is 0 Å². The molecule has 2 aromatic rings. The summed E-state index contributed by atoms with van der Waals surface area (Å²) in [5, 5.41) is 5.45. The molecule has 0 aliphatic carbocycles. The number of carbonyl (C=O) groups excluding carboxylic acids is 1. The molecule has 2 amide bonds. The number of amides is 2. The SMILES string of the molecule is CNS(=O)(=O)Cc1ccc(CNC(=O)Nc2cc(OC)c(OC)c(OC)c2)cc1. The Morgan fingerprint density at radius 2 is 1.48 bits per heavy atom. The van der Waals surface area contributed by atoms with Gasteiger partial charge in [0.1, 0.15) is 0 Å². The van der Waals surface area contributed by atoms with Crippen LogP contribution in [0, 0.1) is 0 Å². The van der Waals surface area contributed by atoms with Gasteiger partial charge in [-0.25, -0.2) is 17.9 Å². The lowest BCUT2D eigenvalue weighted by Crippen LogP contribution is -2.28. The first kappa shape index (κ1) is 22.3. The predicted octanol–water partition coefficient (Wildman–Crippen LogP) is 2.08. The Hall–Kier alpha value is -2.98. The molecule has 0 saturated carbocycles. The molecule has 2 rings (SSSR count). The minimum atomic E-state index is -3.32. The topological polar surface area (TPSA) is 115 Å². The first-order valence-corrected chi connectivity index (χ1v) is 10.3. The fourth-order valence-corrected chi connectivity index (χ4v) is 3.33. The average Bonchev–Trinajstić information content (AvgIpc) is 2.72. The highest BCUT2D eigenvalue weighted by atomic mass is 32.2. The zero-order valence-corrected chi connectivity index (χ0v) is 17.6. The van der Waals surface area contributed by atoms with Crippen LogP contribution in [0.25, 0.3) is 0 Å². The Labute approximate surface area is 170 Å². The molecular weight excluding hydrogens is 398 g/mol. The van der Waals surface area contributed by atoms with E-state index in [4.69, 9.17) is 14.2 Å². The number of hydrogen-bond donors (Lipinski definition) is 3. The zero-order valence-electron chi connectivity index (χ0n) is 16.7. The van der Waals surface area contributed by atoms with Crippen molar-refractivity contribution in [1.29, 1.82) is 0 Å². The average molecular weight is 423 g/mol. The van der Waals surface area contributed by atoms with Crippen LogP contribution in [0.1, 0.15) is 11.1 Å². The quantitative estimate of drug-likeness (QED) is 0.569. The molecule has 0 unspecified atom stereocenters. The Bertz CT molecular complexity index is 920. The number of methoxy groups -OCH3 is 3. The summed E-state index contributed by atoms with van der Waals surface area (Å²) in [5.74, 6) is 1.18. The first-order valence-electron chi connectivity index (χ1n) is 8.65. The second-order valence-corrected chi connectivity index (χ2v) is 7.93. The highest BCUT2D eigenvalue weighted by Gasteiger charge is 2.14. The van der Waals surface area contributed by atoms with Crippen LogP contribution in [0.5, 0.6) is 17.2 Å². The fraction of sp³-hybridized carbons (Fsp3) is 0.316. The molecule has 0 heterocycles. The molecule has 3 N–H and O–H groups in total. The Morgan fingerprint density at radius 1 is 0.931 bits per heavy atom. The molecular formula is C19H25N3O6S. The lowest BCUT2D eigenvalue weighted by atomic mass is 10.1. The van der Waals surface area contributed by atoms with E-state index in [2.05, 4.69) is 15.4 Å². The molecule has 0 atom stereocenters. The van der Waals surface area contributed by atoms with Gasteiger partial charge in [-0.05, 0) is 18.2 Å². The van der Waals surface area contributed by atoms with E-state index in [-0.39, 0.29) is 12.3 Å². The number of benzene rings is 2. The van der Waals surface area contributed by atoms with Crippen LogP contribution in [-0.2, 0) is 22.3 Å². The van der Waals surface area contributed by atoms with E-state index < -0.39 is 16.1 Å². The van der Waals surface area contributed by atoms with E-state index in [1.165, 1.54) is 28.4 Å². The molecule has 2 aromatic carbocycles. The highest BCUT2D eigenvalue weighted by Crippen LogP contribution is 2.39. The van der Waals surface area contributed by atoms with Crippen LogP contribution in [0.3, 0.4) is 0 Å². The van der Waals surface area contributed by atoms with Crippen molar-refractivity contribution in [3.05, 3.63) is 47.5 Å². The second kappa shape index (κ2) is 9.99. The minimum Gasteiger partial charge on any atom is -0.493 e. The summed E-state index contributed by atoms with van der Waals surface area (Å²) in [6, 6.07) is 9.78. The normalized spacial score (nSPS) is 10.9. The summed E-state index contributed by atoms with van der Waals surface area (Å²) in [5.41, 5.74) is 1.96. The largest absolute Gasteiger partial charge is 0.493 e. The van der Waals surface area contributed by atoms with Gasteiger partial charge < -0.3 is 24.8 Å². The summed E-state index contributed by atoms with van der Waals surface area (Å²) in [6.45, 7) is 0.273. The molecule has 9 nitrogen and oxygen atoms in total. The standard InChI is InChI=1S/C19H25N3O6S/c1-20-29(24,25)12-14-7-5-13(6-8-14)11-21-19(23)22-15-9-16(26-2)18(28-4)17(10-15)27-3/h5-10,20H,11-12H2,1-4H3,(H2,21,22,23). The van der Waals surface area contributed by atoms with Crippen molar-refractivity contribution in [3.8, 4) is 17.2 Å². The smallest absolute Gasteiger partial charge is 0.319 e. The van der Waals surface area contributed by atoms with E-state index in [9.17, 15) is 13.2 Å². The lowest BCUT2D eigenvalue weighted by Gasteiger charge is -2.15. The van der Waals surface area contributed by atoms with Crippen LogP contribution in [0.15, 0.2) is 36.4 Å². The predicted molar refractivity (Wildman–Crippen MR) is 110 cm³/mol. The summed E-state index contributed by atoms with van der Waals surface area (Å²) >= 11 is 0. The Kier molecular flexibility index (Phi) is 7.68. The summed E-state index contributed by atoms with van der Waals surface area (Å²) in [6.07, 6.45) is 0. The van der Waals surface area contributed by atoms with Gasteiger partial charge in [0.05, 0.1) is 32.8 Å². The third kappa shape index (κ3) is 6.26. The number of nitrogens with one attached hydrogen (secondary N) is 3. The van der Waals surface area contributed by atoms with Gasteiger partial charge in [-0.15, -0.1) is 0 Å². The second-order valence-electron chi connectivity index (χ2n) is 6.00. The Morgan fingerprint density at radius 3 is 1.97 bits per heavy atom. The number of carbonyl (C=O) groups is 1. The van der Waals surface area contributed by atoms with Crippen molar-refractivity contribution in [2.24, 2.45) is 0 Å². The monoisotopic (exact) mass is 423 g/mol. The number of ether oxygens (including phenoxy) is 3. The summed E-state index contributed by atoms with van der Waals surface area (Å²) < 4.78 is 41.2. The van der Waals surface area contributed by atoms with Crippen molar-refractivity contribution in [2.75, 3.05) is 33.7 Å². The maximum atomic E-state index is 12.2. The third-order valence-electron chi connectivity index (χ3n) is 4.07. The molecule has 29 heavy (non-hydrogen) atoms. The van der Waals surface area contributed by atoms with E-state index >= 15 is 0 Å². The molecule has 0 saturated heterocycles. The van der Waals surface area contributed by atoms with Crippen LogP contribution < -0.4 is 29.6 Å². The first-order chi connectivity index (χ1) is 13.8. The van der Waals surface area contributed by atoms with Crippen LogP contribution in [0.4, 0.5) is 10.5 Å². The van der Waals surface area contributed by atoms with Gasteiger partial charge in [0.15, 0.2) is 11.5 Å². The van der Waals surface area contributed by atoms with Gasteiger partial charge in [-0.3, -0.25) is 0 Å². The summed E-state index contributed by atoms with van der Waals surface area (Å²) in [7, 11) is 2.54. The van der Waals surface area contributed by atoms with Crippen LogP contribution in [-0.4, -0.2) is 42.8 Å². The van der Waals surface area contributed by atoms with Crippen LogP contribution >= 0.6 is 0 Å². The maximum absolute atomic E-state index is 12.2. The van der Waals surface area contributed by atoms with Crippen molar-refractivity contribution >= 4 is 21.7 Å². The maximum Gasteiger partial charge on any atom is 0.319 e. The van der Waals surface area contributed by atoms with Gasteiger partial charge in [0.25, 0.3) is 0 Å². The lowest BCUT2D eigenvalue weighted by molar-refractivity contribution is 0.251. The number of rotatable bonds is 9. The van der Waals surface area contributed by atoms with Gasteiger partial charge >= 0.3 is 6.03 Å². The van der Waals surface area contributed by atoms with Gasteiger partial charge in [0, 0.05) is 18.7 Å². The zero-order chi connectivity index (χ0) is 21.4. The molecule has 10 heteroatoms. The van der Waals surface area contributed by atoms with Gasteiger partial charge in [-0.2, -0.15) is 0 Å². The number of anilines is 1. The Balaban J connectivity index is 1.98. The van der Waals surface area contributed by atoms with Crippen molar-refractivity contribution in [2.45, 2.75) is 12.3 Å². The minimum absolute atomic E-state index is 0.0984. The third-order valence-corrected chi connectivity index (χ3v) is 5.40.